The van der Waals surface area contributed by atoms with Crippen LogP contribution in [-0.4, -0.2) is 34.5 Å². The van der Waals surface area contributed by atoms with Crippen molar-refractivity contribution in [2.75, 3.05) is 13.1 Å². The second kappa shape index (κ2) is 6.03. The summed E-state index contributed by atoms with van der Waals surface area (Å²) in [6, 6.07) is 10.6. The number of nitrogens with two attached hydrogens (primary N) is 1. The van der Waals surface area contributed by atoms with Crippen molar-refractivity contribution >= 4 is 5.91 Å². The first-order valence-corrected chi connectivity index (χ1v) is 9.27. The number of para-hydroxylation sites is 1. The van der Waals surface area contributed by atoms with Gasteiger partial charge in [0.05, 0.1) is 5.56 Å². The lowest BCUT2D eigenvalue weighted by Gasteiger charge is -2.19. The van der Waals surface area contributed by atoms with Crippen LogP contribution in [0.1, 0.15) is 40.2 Å². The predicted molar refractivity (Wildman–Crippen MR) is 100 cm³/mol. The number of aromatic nitrogens is 1. The number of amides is 1. The van der Waals surface area contributed by atoms with Crippen LogP contribution in [0.25, 0.3) is 5.69 Å². The Labute approximate surface area is 149 Å². The molecule has 1 saturated carbocycles. The molecule has 0 spiro atoms. The Kier molecular flexibility index (Phi) is 3.95. The molecule has 2 fully saturated rings. The summed E-state index contributed by atoms with van der Waals surface area (Å²) >= 11 is 0. The fourth-order valence-corrected chi connectivity index (χ4v) is 4.81. The average molecular weight is 337 g/mol. The Morgan fingerprint density at radius 2 is 1.88 bits per heavy atom. The molecule has 132 valence electrons. The molecule has 1 aromatic carbocycles. The Balaban J connectivity index is 1.65. The summed E-state index contributed by atoms with van der Waals surface area (Å²) in [5.41, 5.74) is 11.5. The van der Waals surface area contributed by atoms with E-state index in [2.05, 4.69) is 37.5 Å². The van der Waals surface area contributed by atoms with Gasteiger partial charge in [-0.2, -0.15) is 0 Å². The number of nitrogens with zero attached hydrogens (tertiary/aromatic N) is 2. The van der Waals surface area contributed by atoms with E-state index in [0.29, 0.717) is 11.8 Å². The van der Waals surface area contributed by atoms with E-state index in [4.69, 9.17) is 5.73 Å². The van der Waals surface area contributed by atoms with Crippen LogP contribution >= 0.6 is 0 Å². The Hall–Kier alpha value is -2.07. The van der Waals surface area contributed by atoms with Crippen molar-refractivity contribution in [3.63, 3.8) is 0 Å². The van der Waals surface area contributed by atoms with Crippen LogP contribution in [0.2, 0.25) is 0 Å². The van der Waals surface area contributed by atoms with Gasteiger partial charge < -0.3 is 15.2 Å². The first-order valence-electron chi connectivity index (χ1n) is 9.27. The van der Waals surface area contributed by atoms with Crippen molar-refractivity contribution < 1.29 is 4.79 Å². The fraction of sp³-hybridized carbons (Fsp3) is 0.476. The van der Waals surface area contributed by atoms with Gasteiger partial charge in [-0.1, -0.05) is 18.2 Å². The van der Waals surface area contributed by atoms with Crippen molar-refractivity contribution in [2.24, 2.45) is 17.6 Å². The molecule has 2 heterocycles. The molecular formula is C21H27N3O. The number of fused-ring (bicyclic) bond motifs is 1. The van der Waals surface area contributed by atoms with Crippen LogP contribution < -0.4 is 5.73 Å². The third kappa shape index (κ3) is 2.60. The molecule has 2 N–H and O–H groups in total. The van der Waals surface area contributed by atoms with Crippen LogP contribution in [0.3, 0.4) is 0 Å². The molecule has 4 nitrogen and oxygen atoms in total. The van der Waals surface area contributed by atoms with Gasteiger partial charge in [0.1, 0.15) is 0 Å². The second-order valence-corrected chi connectivity index (χ2v) is 7.78. The zero-order valence-corrected chi connectivity index (χ0v) is 15.3. The van der Waals surface area contributed by atoms with Crippen molar-refractivity contribution in [2.45, 2.75) is 39.7 Å². The van der Waals surface area contributed by atoms with Gasteiger partial charge in [-0.05, 0) is 63.1 Å². The van der Waals surface area contributed by atoms with E-state index in [1.165, 1.54) is 5.56 Å². The Morgan fingerprint density at radius 1 is 1.12 bits per heavy atom. The van der Waals surface area contributed by atoms with E-state index in [1.807, 2.05) is 23.1 Å². The summed E-state index contributed by atoms with van der Waals surface area (Å²) in [4.78, 5) is 15.2. The Morgan fingerprint density at radius 3 is 2.60 bits per heavy atom. The summed E-state index contributed by atoms with van der Waals surface area (Å²) in [6.45, 7) is 7.92. The summed E-state index contributed by atoms with van der Waals surface area (Å²) < 4.78 is 2.20. The second-order valence-electron chi connectivity index (χ2n) is 7.78. The van der Waals surface area contributed by atoms with Gasteiger partial charge in [0.25, 0.3) is 5.91 Å². The minimum atomic E-state index is 0.162. The van der Waals surface area contributed by atoms with Crippen LogP contribution in [0.4, 0.5) is 0 Å². The minimum absolute atomic E-state index is 0.162. The first kappa shape index (κ1) is 16.4. The number of carbonyl (C=O) groups is 1. The number of carbonyl (C=O) groups excluding carboxylic acids is 1. The molecule has 4 heteroatoms. The van der Waals surface area contributed by atoms with Crippen molar-refractivity contribution in [3.8, 4) is 5.69 Å². The van der Waals surface area contributed by atoms with E-state index in [1.54, 1.807) is 0 Å². The molecule has 0 bridgehead atoms. The van der Waals surface area contributed by atoms with E-state index in [0.717, 1.165) is 48.6 Å². The first-order chi connectivity index (χ1) is 12.0. The molecule has 1 amide bonds. The lowest BCUT2D eigenvalue weighted by Crippen LogP contribution is -2.33. The zero-order chi connectivity index (χ0) is 17.7. The molecule has 3 unspecified atom stereocenters. The molecular weight excluding hydrogens is 310 g/mol. The highest BCUT2D eigenvalue weighted by Gasteiger charge is 2.43. The van der Waals surface area contributed by atoms with E-state index in [-0.39, 0.29) is 11.9 Å². The van der Waals surface area contributed by atoms with Crippen molar-refractivity contribution in [1.82, 2.24) is 9.47 Å². The highest BCUT2D eigenvalue weighted by molar-refractivity contribution is 5.96. The number of hydrogen-bond donors (Lipinski definition) is 1. The normalized spacial score (nSPS) is 25.4. The number of aryl methyl sites for hydroxylation is 2. The predicted octanol–water partition coefficient (Wildman–Crippen LogP) is 3.21. The van der Waals surface area contributed by atoms with Crippen LogP contribution in [0.15, 0.2) is 30.3 Å². The summed E-state index contributed by atoms with van der Waals surface area (Å²) in [5, 5.41) is 0. The smallest absolute Gasteiger partial charge is 0.255 e. The van der Waals surface area contributed by atoms with E-state index >= 15 is 0 Å². The Bertz CT molecular complexity index is 823. The average Bonchev–Trinajstić information content (AvgIpc) is 3.24. The number of benzene rings is 1. The lowest BCUT2D eigenvalue weighted by molar-refractivity contribution is 0.0779. The number of hydrogen-bond acceptors (Lipinski definition) is 2. The molecule has 2 aromatic rings. The third-order valence-corrected chi connectivity index (χ3v) is 6.22. The van der Waals surface area contributed by atoms with Crippen molar-refractivity contribution in [1.29, 1.82) is 0 Å². The number of likely N-dealkylation sites (tertiary alicyclic amines) is 1. The maximum atomic E-state index is 13.2. The molecule has 2 aliphatic rings. The molecule has 4 rings (SSSR count). The molecule has 25 heavy (non-hydrogen) atoms. The maximum Gasteiger partial charge on any atom is 0.255 e. The quantitative estimate of drug-likeness (QED) is 0.915. The summed E-state index contributed by atoms with van der Waals surface area (Å²) in [6.07, 6.45) is 2.27. The van der Waals surface area contributed by atoms with Crippen LogP contribution in [0.5, 0.6) is 0 Å². The van der Waals surface area contributed by atoms with Gasteiger partial charge >= 0.3 is 0 Å². The zero-order valence-electron chi connectivity index (χ0n) is 15.3. The van der Waals surface area contributed by atoms with Crippen LogP contribution in [0, 0.1) is 32.6 Å². The van der Waals surface area contributed by atoms with Gasteiger partial charge in [-0.15, -0.1) is 0 Å². The topological polar surface area (TPSA) is 51.3 Å². The summed E-state index contributed by atoms with van der Waals surface area (Å²) in [5.74, 6) is 1.25. The highest BCUT2D eigenvalue weighted by Crippen LogP contribution is 2.38. The molecule has 1 saturated heterocycles. The third-order valence-electron chi connectivity index (χ3n) is 6.22. The minimum Gasteiger partial charge on any atom is -0.338 e. The van der Waals surface area contributed by atoms with Gasteiger partial charge in [-0.3, -0.25) is 4.79 Å². The largest absolute Gasteiger partial charge is 0.338 e. The number of rotatable bonds is 2. The van der Waals surface area contributed by atoms with Crippen molar-refractivity contribution in [3.05, 3.63) is 52.8 Å². The van der Waals surface area contributed by atoms with Gasteiger partial charge in [0.15, 0.2) is 0 Å². The van der Waals surface area contributed by atoms with Gasteiger partial charge in [0, 0.05) is 36.2 Å². The standard InChI is InChI=1S/C21H27N3O/c1-13-6-4-5-7-20(13)24-14(2)10-17(15(24)3)21(25)23-11-16-8-9-19(22)18(16)12-23/h4-7,10,16,18-19H,8-9,11-12,22H2,1-3H3. The van der Waals surface area contributed by atoms with E-state index in [9.17, 15) is 4.79 Å². The lowest BCUT2D eigenvalue weighted by atomic mass is 9.98. The molecule has 3 atom stereocenters. The molecule has 1 aliphatic carbocycles. The monoisotopic (exact) mass is 337 g/mol. The van der Waals surface area contributed by atoms with Gasteiger partial charge in [-0.25, -0.2) is 0 Å². The molecule has 1 aromatic heterocycles. The SMILES string of the molecule is Cc1ccccc1-n1c(C)cc(C(=O)N2CC3CCC(N)C3C2)c1C. The molecule has 1 aliphatic heterocycles. The summed E-state index contributed by atoms with van der Waals surface area (Å²) in [7, 11) is 0. The van der Waals surface area contributed by atoms with Crippen LogP contribution in [-0.2, 0) is 0 Å². The maximum absolute atomic E-state index is 13.2. The van der Waals surface area contributed by atoms with Gasteiger partial charge in [0.2, 0.25) is 0 Å². The fourth-order valence-electron chi connectivity index (χ4n) is 4.81. The molecule has 0 radical (unpaired) electrons. The highest BCUT2D eigenvalue weighted by atomic mass is 16.2. The van der Waals surface area contributed by atoms with E-state index < -0.39 is 0 Å².